The molecule has 0 radical (unpaired) electrons. The molecule has 9 nitrogen and oxygen atoms in total. The Morgan fingerprint density at radius 2 is 1.63 bits per heavy atom. The number of amides is 1. The molecular formula is C29H30F3N7O2. The van der Waals surface area contributed by atoms with E-state index in [0.29, 0.717) is 11.3 Å². The number of nitrogens with one attached hydrogen (secondary N) is 2. The van der Waals surface area contributed by atoms with Gasteiger partial charge in [-0.2, -0.15) is 9.67 Å². The average Bonchev–Trinajstić information content (AvgIpc) is 3.32. The van der Waals surface area contributed by atoms with Gasteiger partial charge in [-0.3, -0.25) is 15.0 Å². The maximum atomic E-state index is 13.1. The molecular weight excluding hydrogens is 535 g/mol. The van der Waals surface area contributed by atoms with Crippen LogP contribution in [0.25, 0.3) is 5.69 Å². The van der Waals surface area contributed by atoms with Gasteiger partial charge in [0.15, 0.2) is 0 Å². The maximum Gasteiger partial charge on any atom is 0.573 e. The molecule has 2 N–H and O–H groups in total. The van der Waals surface area contributed by atoms with Gasteiger partial charge >= 0.3 is 6.36 Å². The summed E-state index contributed by atoms with van der Waals surface area (Å²) in [4.78, 5) is 22.3. The number of rotatable bonds is 8. The van der Waals surface area contributed by atoms with Crippen molar-refractivity contribution in [2.45, 2.75) is 19.8 Å². The highest BCUT2D eigenvalue weighted by atomic mass is 19.4. The summed E-state index contributed by atoms with van der Waals surface area (Å²) < 4.78 is 43.2. The Balaban J connectivity index is 1.36. The van der Waals surface area contributed by atoms with Crippen LogP contribution >= 0.6 is 0 Å². The molecule has 0 unspecified atom stereocenters. The van der Waals surface area contributed by atoms with E-state index in [0.717, 1.165) is 44.0 Å². The predicted octanol–water partition coefficient (Wildman–Crippen LogP) is 5.22. The van der Waals surface area contributed by atoms with Crippen LogP contribution in [0.1, 0.15) is 21.5 Å². The van der Waals surface area contributed by atoms with E-state index in [1.165, 1.54) is 34.5 Å². The maximum absolute atomic E-state index is 13.1. The van der Waals surface area contributed by atoms with Crippen molar-refractivity contribution in [2.75, 3.05) is 43.9 Å². The summed E-state index contributed by atoms with van der Waals surface area (Å²) in [5.74, 6) is -0.472. The molecule has 0 spiro atoms. The van der Waals surface area contributed by atoms with Crippen molar-refractivity contribution in [2.24, 2.45) is 0 Å². The minimum atomic E-state index is -4.81. The van der Waals surface area contributed by atoms with Crippen LogP contribution in [0.4, 0.5) is 30.8 Å². The van der Waals surface area contributed by atoms with Crippen LogP contribution in [-0.4, -0.2) is 70.1 Å². The zero-order chi connectivity index (χ0) is 29.0. The number of aromatic nitrogens is 3. The molecule has 2 heterocycles. The first-order valence-electron chi connectivity index (χ1n) is 13.1. The third-order valence-corrected chi connectivity index (χ3v) is 6.75. The molecule has 0 saturated carbocycles. The second kappa shape index (κ2) is 12.0. The summed E-state index contributed by atoms with van der Waals surface area (Å²) in [6, 6.07) is 20.2. The first kappa shape index (κ1) is 28.1. The number of carbonyl (C=O) groups excluding carboxylic acids is 1. The van der Waals surface area contributed by atoms with E-state index in [4.69, 9.17) is 0 Å². The number of aryl methyl sites for hydroxylation is 1. The Kier molecular flexibility index (Phi) is 8.22. The lowest BCUT2D eigenvalue weighted by Gasteiger charge is -2.32. The fourth-order valence-electron chi connectivity index (χ4n) is 4.50. The summed E-state index contributed by atoms with van der Waals surface area (Å²) in [7, 11) is 2.13. The van der Waals surface area contributed by atoms with Crippen molar-refractivity contribution in [3.63, 3.8) is 0 Å². The molecule has 0 atom stereocenters. The Labute approximate surface area is 235 Å². The smallest absolute Gasteiger partial charge is 0.406 e. The molecule has 4 aromatic rings. The van der Waals surface area contributed by atoms with Gasteiger partial charge < -0.3 is 15.0 Å². The number of hydrogen-bond donors (Lipinski definition) is 2. The highest BCUT2D eigenvalue weighted by Crippen LogP contribution is 2.26. The van der Waals surface area contributed by atoms with E-state index in [2.05, 4.69) is 42.3 Å². The van der Waals surface area contributed by atoms with Gasteiger partial charge in [0.25, 0.3) is 5.91 Å². The largest absolute Gasteiger partial charge is 0.573 e. The van der Waals surface area contributed by atoms with Crippen molar-refractivity contribution in [1.82, 2.24) is 24.6 Å². The molecule has 5 rings (SSSR count). The molecule has 0 bridgehead atoms. The predicted molar refractivity (Wildman–Crippen MR) is 150 cm³/mol. The van der Waals surface area contributed by atoms with Gasteiger partial charge in [0.05, 0.1) is 5.69 Å². The van der Waals surface area contributed by atoms with Gasteiger partial charge in [-0.1, -0.05) is 30.3 Å². The van der Waals surface area contributed by atoms with Crippen molar-refractivity contribution in [1.29, 1.82) is 0 Å². The van der Waals surface area contributed by atoms with Gasteiger partial charge in [-0.15, -0.1) is 18.3 Å². The van der Waals surface area contributed by atoms with Crippen LogP contribution in [0.3, 0.4) is 0 Å². The number of anilines is 3. The van der Waals surface area contributed by atoms with Crippen molar-refractivity contribution >= 4 is 23.5 Å². The molecule has 1 amide bonds. The van der Waals surface area contributed by atoms with Crippen LogP contribution in [0, 0.1) is 6.92 Å². The number of ether oxygens (including phenoxy) is 1. The lowest BCUT2D eigenvalue weighted by atomic mass is 10.1. The third-order valence-electron chi connectivity index (χ3n) is 6.75. The van der Waals surface area contributed by atoms with E-state index >= 15 is 0 Å². The number of alkyl halides is 3. The molecule has 1 fully saturated rings. The summed E-state index contributed by atoms with van der Waals surface area (Å²) in [5.41, 5.74) is 3.55. The van der Waals surface area contributed by atoms with Crippen molar-refractivity contribution < 1.29 is 22.7 Å². The van der Waals surface area contributed by atoms with Gasteiger partial charge in [-0.05, 0) is 67.6 Å². The lowest BCUT2D eigenvalue weighted by molar-refractivity contribution is -0.274. The molecule has 0 aliphatic carbocycles. The quantitative estimate of drug-likeness (QED) is 0.303. The summed E-state index contributed by atoms with van der Waals surface area (Å²) in [6.45, 7) is 6.84. The highest BCUT2D eigenvalue weighted by Gasteiger charge is 2.31. The molecule has 12 heteroatoms. The zero-order valence-electron chi connectivity index (χ0n) is 22.7. The van der Waals surface area contributed by atoms with Gasteiger partial charge in [0, 0.05) is 44.0 Å². The highest BCUT2D eigenvalue weighted by molar-refractivity contribution is 6.04. The van der Waals surface area contributed by atoms with Gasteiger partial charge in [-0.25, -0.2) is 0 Å². The molecule has 1 aliphatic rings. The zero-order valence-corrected chi connectivity index (χ0v) is 22.7. The van der Waals surface area contributed by atoms with E-state index in [9.17, 15) is 18.0 Å². The standard InChI is InChI=1S/C29H30F3N7O2/c1-20-5-3-4-6-25(20)26(40)34-28-35-27(36-39(28)23-11-13-24(14-12-23)41-29(30,31)32)33-22-9-7-21(8-10-22)19-38-17-15-37(2)16-18-38/h3-14H,15-19H2,1-2H3,(H2,33,34,35,36,40). The van der Waals surface area contributed by atoms with Crippen molar-refractivity contribution in [3.8, 4) is 11.4 Å². The minimum Gasteiger partial charge on any atom is -0.406 e. The number of hydrogen-bond acceptors (Lipinski definition) is 7. The van der Waals surface area contributed by atoms with E-state index < -0.39 is 12.3 Å². The van der Waals surface area contributed by atoms with E-state index in [-0.39, 0.29) is 17.6 Å². The van der Waals surface area contributed by atoms with Crippen LogP contribution in [-0.2, 0) is 6.54 Å². The average molecular weight is 566 g/mol. The Bertz CT molecular complexity index is 1480. The summed E-state index contributed by atoms with van der Waals surface area (Å²) in [6.07, 6.45) is -4.81. The third kappa shape index (κ3) is 7.41. The Morgan fingerprint density at radius 1 is 0.951 bits per heavy atom. The second-order valence-corrected chi connectivity index (χ2v) is 9.88. The summed E-state index contributed by atoms with van der Waals surface area (Å²) >= 11 is 0. The van der Waals surface area contributed by atoms with Crippen LogP contribution < -0.4 is 15.4 Å². The monoisotopic (exact) mass is 565 g/mol. The molecule has 1 aliphatic heterocycles. The number of piperazine rings is 1. The fraction of sp³-hybridized carbons (Fsp3) is 0.276. The van der Waals surface area contributed by atoms with Crippen molar-refractivity contribution in [3.05, 3.63) is 89.5 Å². The number of carbonyl (C=O) groups is 1. The Morgan fingerprint density at radius 3 is 2.29 bits per heavy atom. The number of likely N-dealkylation sites (N-methyl/N-ethyl adjacent to an activating group) is 1. The molecule has 41 heavy (non-hydrogen) atoms. The minimum absolute atomic E-state index is 0.0944. The van der Waals surface area contributed by atoms with Gasteiger partial charge in [0.1, 0.15) is 5.75 Å². The molecule has 1 saturated heterocycles. The lowest BCUT2D eigenvalue weighted by Crippen LogP contribution is -2.43. The number of nitrogens with zero attached hydrogens (tertiary/aromatic N) is 5. The molecule has 214 valence electrons. The summed E-state index contributed by atoms with van der Waals surface area (Å²) in [5, 5.41) is 10.4. The first-order valence-corrected chi connectivity index (χ1v) is 13.1. The Hall–Kier alpha value is -4.42. The molecule has 3 aromatic carbocycles. The van der Waals surface area contributed by atoms with E-state index in [1.54, 1.807) is 12.1 Å². The first-order chi connectivity index (χ1) is 19.6. The number of benzene rings is 3. The number of halogens is 3. The van der Waals surface area contributed by atoms with E-state index in [1.807, 2.05) is 43.3 Å². The molecule has 1 aromatic heterocycles. The van der Waals surface area contributed by atoms with Crippen LogP contribution in [0.2, 0.25) is 0 Å². The topological polar surface area (TPSA) is 87.6 Å². The van der Waals surface area contributed by atoms with Crippen LogP contribution in [0.15, 0.2) is 72.8 Å². The normalized spacial score (nSPS) is 14.6. The van der Waals surface area contributed by atoms with Gasteiger partial charge in [0.2, 0.25) is 11.9 Å². The fourth-order valence-corrected chi connectivity index (χ4v) is 4.50. The van der Waals surface area contributed by atoms with Crippen LogP contribution in [0.5, 0.6) is 5.75 Å². The SMILES string of the molecule is Cc1ccccc1C(=O)Nc1nc(Nc2ccc(CN3CCN(C)CC3)cc2)nn1-c1ccc(OC(F)(F)F)cc1. The second-order valence-electron chi connectivity index (χ2n) is 9.88.